The molecular formula is C31H33N3O2S. The number of hydrogen-bond donors (Lipinski definition) is 3. The van der Waals surface area contributed by atoms with E-state index >= 15 is 0 Å². The van der Waals surface area contributed by atoms with Gasteiger partial charge in [0.1, 0.15) is 6.04 Å². The predicted molar refractivity (Wildman–Crippen MR) is 154 cm³/mol. The topological polar surface area (TPSA) is 70.2 Å². The number of aryl methyl sites for hydroxylation is 1. The first kappa shape index (κ1) is 26.5. The summed E-state index contributed by atoms with van der Waals surface area (Å²) in [5.41, 5.74) is 3.23. The number of nitrogens with one attached hydrogen (secondary N) is 3. The van der Waals surface area contributed by atoms with E-state index in [0.29, 0.717) is 17.7 Å². The Balaban J connectivity index is 1.59. The molecule has 0 bridgehead atoms. The van der Waals surface area contributed by atoms with Crippen LogP contribution in [-0.4, -0.2) is 23.4 Å². The van der Waals surface area contributed by atoms with Gasteiger partial charge in [-0.15, -0.1) is 0 Å². The van der Waals surface area contributed by atoms with Crippen LogP contribution in [0.3, 0.4) is 0 Å². The highest BCUT2D eigenvalue weighted by molar-refractivity contribution is 7.97. The van der Waals surface area contributed by atoms with Crippen LogP contribution in [0.5, 0.6) is 0 Å². The van der Waals surface area contributed by atoms with Crippen molar-refractivity contribution in [3.63, 3.8) is 0 Å². The molecule has 4 rings (SSSR count). The molecule has 190 valence electrons. The van der Waals surface area contributed by atoms with Crippen molar-refractivity contribution in [2.75, 3.05) is 5.32 Å². The van der Waals surface area contributed by atoms with Crippen molar-refractivity contribution < 1.29 is 9.59 Å². The Morgan fingerprint density at radius 1 is 0.811 bits per heavy atom. The summed E-state index contributed by atoms with van der Waals surface area (Å²) < 4.78 is 3.46. The third-order valence-electron chi connectivity index (χ3n) is 5.83. The number of carbonyl (C=O) groups excluding carboxylic acids is 2. The van der Waals surface area contributed by atoms with Crippen molar-refractivity contribution in [1.82, 2.24) is 10.0 Å². The molecule has 0 aliphatic heterocycles. The van der Waals surface area contributed by atoms with E-state index in [4.69, 9.17) is 0 Å². The van der Waals surface area contributed by atoms with Gasteiger partial charge in [0.2, 0.25) is 5.91 Å². The number of fused-ring (bicyclic) bond motifs is 1. The lowest BCUT2D eigenvalue weighted by Crippen LogP contribution is -2.45. The third kappa shape index (κ3) is 7.21. The highest BCUT2D eigenvalue weighted by Crippen LogP contribution is 2.32. The fourth-order valence-electron chi connectivity index (χ4n) is 3.91. The zero-order valence-corrected chi connectivity index (χ0v) is 22.5. The number of hydrogen-bond acceptors (Lipinski definition) is 4. The molecule has 2 amide bonds. The molecule has 3 N–H and O–H groups in total. The van der Waals surface area contributed by atoms with Gasteiger partial charge in [-0.3, -0.25) is 14.3 Å². The minimum absolute atomic E-state index is 0.0427. The molecule has 0 heterocycles. The number of rotatable bonds is 8. The summed E-state index contributed by atoms with van der Waals surface area (Å²) in [5, 5.41) is 8.03. The molecule has 4 aromatic carbocycles. The Bertz CT molecular complexity index is 1380. The smallest absolute Gasteiger partial charge is 0.251 e. The fourth-order valence-corrected chi connectivity index (χ4v) is 4.76. The Kier molecular flexibility index (Phi) is 8.31. The minimum Gasteiger partial charge on any atom is -0.340 e. The standard InChI is InChI=1S/C31H33N3O2S/c1-21-16-18-23(19-17-21)29(35)33-27(20-22-10-6-5-7-11-22)30(36)32-26-14-8-13-25-24(26)12-9-15-28(25)37-34-31(2,3)4/h5-19,27,34H,20H2,1-4H3,(H,32,36)(H,33,35)/t27-/m0/s1. The van der Waals surface area contributed by atoms with Crippen LogP contribution in [0.25, 0.3) is 10.8 Å². The van der Waals surface area contributed by atoms with Gasteiger partial charge in [-0.25, -0.2) is 0 Å². The molecule has 0 aromatic heterocycles. The molecule has 4 aromatic rings. The Morgan fingerprint density at radius 2 is 1.49 bits per heavy atom. The molecule has 5 nitrogen and oxygen atoms in total. The fraction of sp³-hybridized carbons (Fsp3) is 0.226. The summed E-state index contributed by atoms with van der Waals surface area (Å²) in [6.07, 6.45) is 0.381. The average molecular weight is 512 g/mol. The summed E-state index contributed by atoms with van der Waals surface area (Å²) in [7, 11) is 0. The number of benzene rings is 4. The summed E-state index contributed by atoms with van der Waals surface area (Å²) in [5.74, 6) is -0.538. The first-order chi connectivity index (χ1) is 17.7. The zero-order chi connectivity index (χ0) is 26.4. The van der Waals surface area contributed by atoms with Crippen LogP contribution in [0.1, 0.15) is 42.3 Å². The van der Waals surface area contributed by atoms with Crippen LogP contribution in [-0.2, 0) is 11.2 Å². The normalized spacial score (nSPS) is 12.2. The van der Waals surface area contributed by atoms with Crippen LogP contribution in [0.4, 0.5) is 5.69 Å². The Morgan fingerprint density at radius 3 is 2.19 bits per heavy atom. The molecule has 0 saturated carbocycles. The second-order valence-electron chi connectivity index (χ2n) is 10.2. The van der Waals surface area contributed by atoms with E-state index in [1.807, 2.05) is 73.7 Å². The second kappa shape index (κ2) is 11.6. The lowest BCUT2D eigenvalue weighted by molar-refractivity contribution is -0.118. The van der Waals surface area contributed by atoms with E-state index in [9.17, 15) is 9.59 Å². The van der Waals surface area contributed by atoms with Crippen LogP contribution < -0.4 is 15.4 Å². The van der Waals surface area contributed by atoms with Crippen molar-refractivity contribution in [2.24, 2.45) is 0 Å². The van der Waals surface area contributed by atoms with Crippen LogP contribution >= 0.6 is 11.9 Å². The first-order valence-electron chi connectivity index (χ1n) is 12.4. The SMILES string of the molecule is Cc1ccc(C(=O)N[C@@H](Cc2ccccc2)C(=O)Nc2cccc3c(SNC(C)(C)C)cccc23)cc1. The van der Waals surface area contributed by atoms with Crippen molar-refractivity contribution in [2.45, 2.75) is 50.6 Å². The lowest BCUT2D eigenvalue weighted by Gasteiger charge is -2.21. The van der Waals surface area contributed by atoms with Gasteiger partial charge >= 0.3 is 0 Å². The van der Waals surface area contributed by atoms with Gasteiger partial charge in [0.15, 0.2) is 0 Å². The van der Waals surface area contributed by atoms with Crippen molar-refractivity contribution in [3.05, 3.63) is 108 Å². The summed E-state index contributed by atoms with van der Waals surface area (Å²) in [4.78, 5) is 27.7. The zero-order valence-electron chi connectivity index (χ0n) is 21.7. The van der Waals surface area contributed by atoms with Gasteiger partial charge in [0.25, 0.3) is 5.91 Å². The number of amides is 2. The van der Waals surface area contributed by atoms with Gasteiger partial charge in [-0.1, -0.05) is 72.3 Å². The summed E-state index contributed by atoms with van der Waals surface area (Å²) in [6.45, 7) is 8.33. The maximum Gasteiger partial charge on any atom is 0.251 e. The highest BCUT2D eigenvalue weighted by Gasteiger charge is 2.23. The quantitative estimate of drug-likeness (QED) is 0.236. The monoisotopic (exact) mass is 511 g/mol. The number of carbonyl (C=O) groups is 2. The third-order valence-corrected chi connectivity index (χ3v) is 7.12. The highest BCUT2D eigenvalue weighted by atomic mass is 32.2. The molecule has 0 spiro atoms. The van der Waals surface area contributed by atoms with Crippen molar-refractivity contribution in [3.8, 4) is 0 Å². The van der Waals surface area contributed by atoms with E-state index in [0.717, 1.165) is 26.8 Å². The van der Waals surface area contributed by atoms with Crippen molar-refractivity contribution >= 4 is 40.2 Å². The summed E-state index contributed by atoms with van der Waals surface area (Å²) in [6, 6.07) is 28.3. The van der Waals surface area contributed by atoms with E-state index in [-0.39, 0.29) is 17.4 Å². The molecule has 0 aliphatic rings. The van der Waals surface area contributed by atoms with E-state index < -0.39 is 6.04 Å². The van der Waals surface area contributed by atoms with Gasteiger partial charge in [-0.05, 0) is 74.9 Å². The predicted octanol–water partition coefficient (Wildman–Crippen LogP) is 6.52. The van der Waals surface area contributed by atoms with Crippen molar-refractivity contribution in [1.29, 1.82) is 0 Å². The largest absolute Gasteiger partial charge is 0.340 e. The molecule has 0 saturated heterocycles. The first-order valence-corrected chi connectivity index (χ1v) is 13.2. The molecule has 6 heteroatoms. The molecule has 37 heavy (non-hydrogen) atoms. The molecule has 1 atom stereocenters. The molecule has 0 fully saturated rings. The molecule has 0 aliphatic carbocycles. The van der Waals surface area contributed by atoms with Gasteiger partial charge in [0.05, 0.1) is 0 Å². The van der Waals surface area contributed by atoms with Gasteiger partial charge < -0.3 is 10.6 Å². The maximum atomic E-state index is 13.6. The summed E-state index contributed by atoms with van der Waals surface area (Å²) >= 11 is 1.58. The van der Waals surface area contributed by atoms with E-state index in [1.54, 1.807) is 24.1 Å². The van der Waals surface area contributed by atoms with Crippen LogP contribution in [0.15, 0.2) is 95.9 Å². The Hall–Kier alpha value is -3.61. The lowest BCUT2D eigenvalue weighted by atomic mass is 10.0. The Labute approximate surface area is 223 Å². The minimum atomic E-state index is -0.744. The van der Waals surface area contributed by atoms with E-state index in [1.165, 1.54) is 0 Å². The number of anilines is 1. The van der Waals surface area contributed by atoms with Crippen LogP contribution in [0.2, 0.25) is 0 Å². The van der Waals surface area contributed by atoms with Gasteiger partial charge in [0, 0.05) is 33.5 Å². The molecule has 0 unspecified atom stereocenters. The second-order valence-corrected chi connectivity index (χ2v) is 11.0. The molecule has 0 radical (unpaired) electrons. The molecular weight excluding hydrogens is 478 g/mol. The maximum absolute atomic E-state index is 13.6. The van der Waals surface area contributed by atoms with E-state index in [2.05, 4.69) is 48.3 Å². The average Bonchev–Trinajstić information content (AvgIpc) is 2.87. The van der Waals surface area contributed by atoms with Gasteiger partial charge in [-0.2, -0.15) is 0 Å². The van der Waals surface area contributed by atoms with Crippen LogP contribution in [0, 0.1) is 6.92 Å².